The summed E-state index contributed by atoms with van der Waals surface area (Å²) < 4.78 is 53.8. The fourth-order valence-electron chi connectivity index (χ4n) is 2.94. The van der Waals surface area contributed by atoms with Crippen LogP contribution in [-0.2, 0) is 0 Å². The number of hydrogen-bond donors (Lipinski definition) is 1. The summed E-state index contributed by atoms with van der Waals surface area (Å²) in [6.07, 6.45) is 1.48. The largest absolute Gasteiger partial charge is 0.397 e. The third-order valence-corrected chi connectivity index (χ3v) is 4.19. The maximum atomic E-state index is 13.9. The molecule has 3 rings (SSSR count). The van der Waals surface area contributed by atoms with Gasteiger partial charge in [0, 0.05) is 30.5 Å². The highest BCUT2D eigenvalue weighted by atomic mass is 19.3. The number of pyridine rings is 2. The molecule has 0 amide bonds. The molecule has 2 aromatic heterocycles. The average molecular weight is 325 g/mol. The van der Waals surface area contributed by atoms with Crippen LogP contribution in [0.5, 0.6) is 0 Å². The molecule has 1 saturated carbocycles. The highest BCUT2D eigenvalue weighted by molar-refractivity contribution is 5.75. The molecule has 1 aliphatic rings. The third kappa shape index (κ3) is 3.13. The van der Waals surface area contributed by atoms with Crippen LogP contribution in [0.4, 0.5) is 23.2 Å². The topological polar surface area (TPSA) is 51.8 Å². The van der Waals surface area contributed by atoms with Crippen molar-refractivity contribution in [2.75, 3.05) is 5.73 Å². The molecule has 0 saturated heterocycles. The predicted molar refractivity (Wildman–Crippen MR) is 78.0 cm³/mol. The SMILES string of the molecule is Nc1c(-c2nc(F)ccc2F)ccnc1C1CCC(F)(F)CC1. The molecule has 1 fully saturated rings. The van der Waals surface area contributed by atoms with Gasteiger partial charge in [-0.2, -0.15) is 4.39 Å². The van der Waals surface area contributed by atoms with Crippen LogP contribution in [0.1, 0.15) is 37.3 Å². The van der Waals surface area contributed by atoms with Gasteiger partial charge in [-0.25, -0.2) is 18.2 Å². The molecular formula is C16H15F4N3. The van der Waals surface area contributed by atoms with E-state index in [4.69, 9.17) is 5.73 Å². The Morgan fingerprint density at radius 2 is 1.78 bits per heavy atom. The molecule has 122 valence electrons. The Balaban J connectivity index is 1.98. The summed E-state index contributed by atoms with van der Waals surface area (Å²) in [4.78, 5) is 7.72. The summed E-state index contributed by atoms with van der Waals surface area (Å²) in [5.74, 6) is -4.40. The molecule has 23 heavy (non-hydrogen) atoms. The summed E-state index contributed by atoms with van der Waals surface area (Å²) >= 11 is 0. The standard InChI is InChI=1S/C16H15F4N3/c17-11-1-2-12(18)23-15(11)10-5-8-22-14(13(10)21)9-3-6-16(19,20)7-4-9/h1-2,5,8-9H,3-4,6-7,21H2. The second kappa shape index (κ2) is 5.79. The lowest BCUT2D eigenvalue weighted by atomic mass is 9.83. The van der Waals surface area contributed by atoms with Crippen LogP contribution in [0.3, 0.4) is 0 Å². The second-order valence-corrected chi connectivity index (χ2v) is 5.75. The van der Waals surface area contributed by atoms with Crippen molar-refractivity contribution in [1.29, 1.82) is 0 Å². The monoisotopic (exact) mass is 325 g/mol. The highest BCUT2D eigenvalue weighted by Crippen LogP contribution is 2.43. The van der Waals surface area contributed by atoms with Crippen molar-refractivity contribution in [3.63, 3.8) is 0 Å². The summed E-state index contributed by atoms with van der Waals surface area (Å²) in [5, 5.41) is 0. The van der Waals surface area contributed by atoms with Gasteiger partial charge in [-0.15, -0.1) is 0 Å². The minimum atomic E-state index is -2.65. The van der Waals surface area contributed by atoms with E-state index in [1.165, 1.54) is 12.3 Å². The normalized spacial score (nSPS) is 18.1. The van der Waals surface area contributed by atoms with Gasteiger partial charge < -0.3 is 5.73 Å². The molecule has 0 bridgehead atoms. The van der Waals surface area contributed by atoms with Gasteiger partial charge in [0.2, 0.25) is 11.9 Å². The Kier molecular flexibility index (Phi) is 3.95. The van der Waals surface area contributed by atoms with Gasteiger partial charge in [0.05, 0.1) is 11.4 Å². The molecule has 0 unspecified atom stereocenters. The zero-order valence-electron chi connectivity index (χ0n) is 12.2. The Labute approximate surface area is 130 Å². The first-order chi connectivity index (χ1) is 10.9. The molecule has 2 aromatic rings. The van der Waals surface area contributed by atoms with Gasteiger partial charge in [-0.1, -0.05) is 0 Å². The van der Waals surface area contributed by atoms with Gasteiger partial charge >= 0.3 is 0 Å². The fourth-order valence-corrected chi connectivity index (χ4v) is 2.94. The van der Waals surface area contributed by atoms with Crippen LogP contribution in [0.25, 0.3) is 11.3 Å². The minimum absolute atomic E-state index is 0.166. The van der Waals surface area contributed by atoms with Crippen molar-refractivity contribution in [1.82, 2.24) is 9.97 Å². The van der Waals surface area contributed by atoms with E-state index in [1.807, 2.05) is 0 Å². The molecule has 0 atom stereocenters. The van der Waals surface area contributed by atoms with E-state index >= 15 is 0 Å². The van der Waals surface area contributed by atoms with Crippen molar-refractivity contribution in [3.05, 3.63) is 41.9 Å². The van der Waals surface area contributed by atoms with E-state index < -0.39 is 17.7 Å². The van der Waals surface area contributed by atoms with Crippen molar-refractivity contribution < 1.29 is 17.6 Å². The number of nitrogen functional groups attached to an aromatic ring is 1. The second-order valence-electron chi connectivity index (χ2n) is 5.75. The molecule has 2 N–H and O–H groups in total. The lowest BCUT2D eigenvalue weighted by Gasteiger charge is -2.28. The molecule has 1 aliphatic carbocycles. The average Bonchev–Trinajstić information content (AvgIpc) is 2.51. The minimum Gasteiger partial charge on any atom is -0.397 e. The number of alkyl halides is 2. The zero-order chi connectivity index (χ0) is 16.6. The van der Waals surface area contributed by atoms with Crippen LogP contribution >= 0.6 is 0 Å². The smallest absolute Gasteiger partial charge is 0.248 e. The fraction of sp³-hybridized carbons (Fsp3) is 0.375. The molecule has 2 heterocycles. The Morgan fingerprint density at radius 1 is 1.09 bits per heavy atom. The number of anilines is 1. The van der Waals surface area contributed by atoms with Crippen LogP contribution in [-0.4, -0.2) is 15.9 Å². The van der Waals surface area contributed by atoms with Crippen molar-refractivity contribution in [2.45, 2.75) is 37.5 Å². The van der Waals surface area contributed by atoms with E-state index in [2.05, 4.69) is 9.97 Å². The van der Waals surface area contributed by atoms with E-state index in [1.54, 1.807) is 0 Å². The van der Waals surface area contributed by atoms with Crippen molar-refractivity contribution in [2.24, 2.45) is 0 Å². The highest BCUT2D eigenvalue weighted by Gasteiger charge is 2.36. The molecule has 0 aliphatic heterocycles. The number of aromatic nitrogens is 2. The summed E-state index contributed by atoms with van der Waals surface area (Å²) in [7, 11) is 0. The van der Waals surface area contributed by atoms with Gasteiger partial charge in [0.15, 0.2) is 0 Å². The van der Waals surface area contributed by atoms with E-state index in [9.17, 15) is 17.6 Å². The van der Waals surface area contributed by atoms with E-state index in [0.717, 1.165) is 12.1 Å². The molecular weight excluding hydrogens is 310 g/mol. The van der Waals surface area contributed by atoms with Gasteiger partial charge in [-0.3, -0.25) is 4.98 Å². The lowest BCUT2D eigenvalue weighted by molar-refractivity contribution is -0.0384. The quantitative estimate of drug-likeness (QED) is 0.662. The first-order valence-corrected chi connectivity index (χ1v) is 7.32. The van der Waals surface area contributed by atoms with Crippen molar-refractivity contribution in [3.8, 4) is 11.3 Å². The van der Waals surface area contributed by atoms with Gasteiger partial charge in [-0.05, 0) is 31.0 Å². The van der Waals surface area contributed by atoms with E-state index in [-0.39, 0.29) is 48.5 Å². The van der Waals surface area contributed by atoms with Crippen LogP contribution in [0.2, 0.25) is 0 Å². The summed E-state index contributed by atoms with van der Waals surface area (Å²) in [6, 6.07) is 3.33. The van der Waals surface area contributed by atoms with Gasteiger partial charge in [0.1, 0.15) is 11.5 Å². The third-order valence-electron chi connectivity index (χ3n) is 4.19. The lowest BCUT2D eigenvalue weighted by Crippen LogP contribution is -2.24. The van der Waals surface area contributed by atoms with Gasteiger partial charge in [0.25, 0.3) is 0 Å². The number of nitrogens with two attached hydrogens (primary N) is 1. The molecule has 0 spiro atoms. The van der Waals surface area contributed by atoms with Crippen LogP contribution in [0.15, 0.2) is 24.4 Å². The molecule has 0 radical (unpaired) electrons. The molecule has 7 heteroatoms. The summed E-state index contributed by atoms with van der Waals surface area (Å²) in [5.41, 5.74) is 6.69. The van der Waals surface area contributed by atoms with E-state index in [0.29, 0.717) is 5.69 Å². The van der Waals surface area contributed by atoms with Crippen LogP contribution < -0.4 is 5.73 Å². The summed E-state index contributed by atoms with van der Waals surface area (Å²) in [6.45, 7) is 0. The number of hydrogen-bond acceptors (Lipinski definition) is 3. The van der Waals surface area contributed by atoms with Crippen molar-refractivity contribution >= 4 is 5.69 Å². The number of nitrogens with zero attached hydrogens (tertiary/aromatic N) is 2. The molecule has 0 aromatic carbocycles. The first kappa shape index (κ1) is 15.7. The Bertz CT molecular complexity index is 723. The maximum Gasteiger partial charge on any atom is 0.248 e. The number of rotatable bonds is 2. The predicted octanol–water partition coefficient (Wildman–Crippen LogP) is 4.30. The first-order valence-electron chi connectivity index (χ1n) is 7.32. The Hall–Kier alpha value is -2.18. The number of halogens is 4. The van der Waals surface area contributed by atoms with Crippen LogP contribution in [0, 0.1) is 11.8 Å². The zero-order valence-corrected chi connectivity index (χ0v) is 12.2. The molecule has 3 nitrogen and oxygen atoms in total. The Morgan fingerprint density at radius 3 is 2.48 bits per heavy atom. The maximum absolute atomic E-state index is 13.9.